The predicted octanol–water partition coefficient (Wildman–Crippen LogP) is 1.73. The lowest BCUT2D eigenvalue weighted by Crippen LogP contribution is -2.43. The lowest BCUT2D eigenvalue weighted by atomic mass is 10.2. The molecule has 1 N–H and O–H groups in total. The van der Waals surface area contributed by atoms with Crippen molar-refractivity contribution < 1.29 is 4.74 Å². The van der Waals surface area contributed by atoms with Crippen LogP contribution >= 0.6 is 0 Å². The maximum Gasteiger partial charge on any atom is 0.0668 e. The number of likely N-dealkylation sites (N-methyl/N-ethyl adjacent to an activating group) is 1. The van der Waals surface area contributed by atoms with Gasteiger partial charge in [-0.25, -0.2) is 0 Å². The van der Waals surface area contributed by atoms with Crippen molar-refractivity contribution in [3.63, 3.8) is 0 Å². The van der Waals surface area contributed by atoms with Crippen molar-refractivity contribution in [3.8, 4) is 0 Å². The van der Waals surface area contributed by atoms with Gasteiger partial charge in [-0.2, -0.15) is 0 Å². The van der Waals surface area contributed by atoms with E-state index < -0.39 is 0 Å². The molecule has 15 heavy (non-hydrogen) atoms. The highest BCUT2D eigenvalue weighted by atomic mass is 16.5. The first kappa shape index (κ1) is 12.1. The first-order valence-corrected chi connectivity index (χ1v) is 5.62. The van der Waals surface area contributed by atoms with Crippen LogP contribution in [0.15, 0.2) is 24.0 Å². The van der Waals surface area contributed by atoms with Crippen LogP contribution in [-0.4, -0.2) is 37.7 Å². The van der Waals surface area contributed by atoms with Gasteiger partial charge in [0.2, 0.25) is 0 Å². The number of rotatable bonds is 4. The summed E-state index contributed by atoms with van der Waals surface area (Å²) in [5, 5.41) is 3.20. The predicted molar refractivity (Wildman–Crippen MR) is 63.6 cm³/mol. The Hall–Kier alpha value is -0.960. The van der Waals surface area contributed by atoms with E-state index in [1.54, 1.807) is 0 Å². The minimum absolute atomic E-state index is 0.417. The Kier molecular flexibility index (Phi) is 4.69. The second-order valence-corrected chi connectivity index (χ2v) is 3.84. The van der Waals surface area contributed by atoms with E-state index in [4.69, 9.17) is 4.74 Å². The zero-order valence-corrected chi connectivity index (χ0v) is 10.0. The van der Waals surface area contributed by atoms with Crippen LogP contribution in [0.4, 0.5) is 0 Å². The molecule has 0 amide bonds. The molecule has 86 valence electrons. The number of ether oxygens (including phenoxy) is 1. The highest BCUT2D eigenvalue weighted by Crippen LogP contribution is 2.17. The fourth-order valence-corrected chi connectivity index (χ4v) is 1.85. The molecule has 0 unspecified atom stereocenters. The van der Waals surface area contributed by atoms with Crippen molar-refractivity contribution >= 4 is 0 Å². The van der Waals surface area contributed by atoms with E-state index in [1.165, 1.54) is 0 Å². The molecular formula is C12H22N2O. The summed E-state index contributed by atoms with van der Waals surface area (Å²) in [6, 6.07) is 0.417. The van der Waals surface area contributed by atoms with E-state index in [9.17, 15) is 0 Å². The van der Waals surface area contributed by atoms with Gasteiger partial charge in [-0.15, -0.1) is 0 Å². The van der Waals surface area contributed by atoms with Gasteiger partial charge in [-0.3, -0.25) is 0 Å². The van der Waals surface area contributed by atoms with Crippen LogP contribution in [0.5, 0.6) is 0 Å². The summed E-state index contributed by atoms with van der Waals surface area (Å²) in [4.78, 5) is 2.31. The standard InChI is InChI=1S/C12H22N2O/c1-5-6-12(13-4)11(3)14-7-8-15-9-10(14)2/h6,10,13H,3,5,7-9H2,1-2,4H3/b12-6-/t10-/m0/s1. The van der Waals surface area contributed by atoms with Crippen molar-refractivity contribution in [2.45, 2.75) is 26.3 Å². The molecule has 0 aliphatic carbocycles. The molecule has 0 aromatic heterocycles. The van der Waals surface area contributed by atoms with Crippen LogP contribution in [0.3, 0.4) is 0 Å². The highest BCUT2D eigenvalue weighted by Gasteiger charge is 2.21. The van der Waals surface area contributed by atoms with Gasteiger partial charge < -0.3 is 15.0 Å². The van der Waals surface area contributed by atoms with Crippen LogP contribution in [0.25, 0.3) is 0 Å². The van der Waals surface area contributed by atoms with Crippen LogP contribution in [0.2, 0.25) is 0 Å². The van der Waals surface area contributed by atoms with Gasteiger partial charge in [0.05, 0.1) is 24.6 Å². The summed E-state index contributed by atoms with van der Waals surface area (Å²) < 4.78 is 5.41. The van der Waals surface area contributed by atoms with E-state index in [0.717, 1.165) is 37.6 Å². The molecule has 1 aliphatic rings. The summed E-state index contributed by atoms with van der Waals surface area (Å²) in [5.74, 6) is 0. The second-order valence-electron chi connectivity index (χ2n) is 3.84. The molecule has 1 fully saturated rings. The summed E-state index contributed by atoms with van der Waals surface area (Å²) in [5.41, 5.74) is 2.21. The average Bonchev–Trinajstić information content (AvgIpc) is 2.25. The molecule has 3 heteroatoms. The zero-order chi connectivity index (χ0) is 11.3. The molecule has 0 spiro atoms. The summed E-state index contributed by atoms with van der Waals surface area (Å²) in [6.07, 6.45) is 3.19. The molecule has 0 bridgehead atoms. The fraction of sp³-hybridized carbons (Fsp3) is 0.667. The van der Waals surface area contributed by atoms with Gasteiger partial charge in [0.25, 0.3) is 0 Å². The average molecular weight is 210 g/mol. The quantitative estimate of drug-likeness (QED) is 0.715. The summed E-state index contributed by atoms with van der Waals surface area (Å²) >= 11 is 0. The molecule has 0 radical (unpaired) electrons. The molecule has 0 saturated carbocycles. The van der Waals surface area contributed by atoms with Gasteiger partial charge in [0.1, 0.15) is 0 Å². The monoisotopic (exact) mass is 210 g/mol. The Bertz CT molecular complexity index is 248. The van der Waals surface area contributed by atoms with Crippen LogP contribution in [0.1, 0.15) is 20.3 Å². The van der Waals surface area contributed by atoms with E-state index in [-0.39, 0.29) is 0 Å². The number of nitrogens with zero attached hydrogens (tertiary/aromatic N) is 1. The van der Waals surface area contributed by atoms with Crippen LogP contribution < -0.4 is 5.32 Å². The minimum Gasteiger partial charge on any atom is -0.387 e. The highest BCUT2D eigenvalue weighted by molar-refractivity contribution is 5.26. The molecular weight excluding hydrogens is 188 g/mol. The third-order valence-corrected chi connectivity index (χ3v) is 2.70. The van der Waals surface area contributed by atoms with Gasteiger partial charge in [-0.05, 0) is 13.3 Å². The molecule has 1 aliphatic heterocycles. The Morgan fingerprint density at radius 1 is 1.67 bits per heavy atom. The topological polar surface area (TPSA) is 24.5 Å². The van der Waals surface area contributed by atoms with Crippen molar-refractivity contribution in [2.75, 3.05) is 26.8 Å². The van der Waals surface area contributed by atoms with E-state index >= 15 is 0 Å². The largest absolute Gasteiger partial charge is 0.387 e. The number of hydrogen-bond donors (Lipinski definition) is 1. The molecule has 0 aromatic rings. The minimum atomic E-state index is 0.417. The number of nitrogens with one attached hydrogen (secondary N) is 1. The van der Waals surface area contributed by atoms with Gasteiger partial charge in [0, 0.05) is 19.6 Å². The Morgan fingerprint density at radius 2 is 2.40 bits per heavy atom. The summed E-state index contributed by atoms with van der Waals surface area (Å²) in [6.45, 7) is 11.0. The number of morpholine rings is 1. The molecule has 1 atom stereocenters. The number of hydrogen-bond acceptors (Lipinski definition) is 3. The normalized spacial score (nSPS) is 22.7. The molecule has 0 aromatic carbocycles. The fourth-order valence-electron chi connectivity index (χ4n) is 1.85. The lowest BCUT2D eigenvalue weighted by molar-refractivity contribution is 0.0180. The van der Waals surface area contributed by atoms with Gasteiger partial charge >= 0.3 is 0 Å². The first-order valence-electron chi connectivity index (χ1n) is 5.62. The molecule has 1 heterocycles. The first-order chi connectivity index (χ1) is 7.20. The second kappa shape index (κ2) is 5.81. The molecule has 1 saturated heterocycles. The summed E-state index contributed by atoms with van der Waals surface area (Å²) in [7, 11) is 1.94. The molecule has 1 rings (SSSR count). The zero-order valence-electron chi connectivity index (χ0n) is 10.0. The Labute approximate surface area is 92.8 Å². The van der Waals surface area contributed by atoms with Crippen molar-refractivity contribution in [3.05, 3.63) is 24.0 Å². The Balaban J connectivity index is 2.68. The maximum atomic E-state index is 5.41. The van der Waals surface area contributed by atoms with E-state index in [1.807, 2.05) is 7.05 Å². The third kappa shape index (κ3) is 2.99. The van der Waals surface area contributed by atoms with Crippen LogP contribution in [-0.2, 0) is 4.74 Å². The van der Waals surface area contributed by atoms with E-state index in [0.29, 0.717) is 6.04 Å². The van der Waals surface area contributed by atoms with Crippen LogP contribution in [0, 0.1) is 0 Å². The van der Waals surface area contributed by atoms with Crippen molar-refractivity contribution in [2.24, 2.45) is 0 Å². The molecule has 3 nitrogen and oxygen atoms in total. The third-order valence-electron chi connectivity index (χ3n) is 2.70. The van der Waals surface area contributed by atoms with E-state index in [2.05, 4.69) is 36.7 Å². The van der Waals surface area contributed by atoms with Gasteiger partial charge in [0.15, 0.2) is 0 Å². The lowest BCUT2D eigenvalue weighted by Gasteiger charge is -2.37. The van der Waals surface area contributed by atoms with Crippen molar-refractivity contribution in [1.82, 2.24) is 10.2 Å². The van der Waals surface area contributed by atoms with Gasteiger partial charge in [-0.1, -0.05) is 19.6 Å². The smallest absolute Gasteiger partial charge is 0.0668 e. The van der Waals surface area contributed by atoms with Crippen molar-refractivity contribution in [1.29, 1.82) is 0 Å². The number of allylic oxidation sites excluding steroid dienone is 1. The SMILES string of the molecule is C=C(/C(=C/CC)NC)N1CCOC[C@@H]1C. The Morgan fingerprint density at radius 3 is 2.93 bits per heavy atom. The maximum absolute atomic E-state index is 5.41.